The van der Waals surface area contributed by atoms with E-state index in [1.165, 1.54) is 12.3 Å². The van der Waals surface area contributed by atoms with E-state index in [-0.39, 0.29) is 17.1 Å². The van der Waals surface area contributed by atoms with Crippen LogP contribution in [0.15, 0.2) is 18.3 Å². The fourth-order valence-electron chi connectivity index (χ4n) is 1.65. The van der Waals surface area contributed by atoms with E-state index in [1.54, 1.807) is 6.92 Å². The number of nitrogens with zero attached hydrogens (tertiary/aromatic N) is 4. The minimum atomic E-state index is -1.42. The number of tetrazole rings is 1. The molecule has 21 heavy (non-hydrogen) atoms. The average molecular weight is 288 g/mol. The Morgan fingerprint density at radius 1 is 1.57 bits per heavy atom. The van der Waals surface area contributed by atoms with Crippen LogP contribution < -0.4 is 5.32 Å². The molecule has 0 radical (unpaired) electrons. The highest BCUT2D eigenvalue weighted by Crippen LogP contribution is 2.22. The molecular formula is C12H9FN6O2. The number of halogens is 1. The molecule has 2 rings (SSSR count). The molecule has 2 aromatic rings. The summed E-state index contributed by atoms with van der Waals surface area (Å²) in [5.41, 5.74) is 0.0620. The highest BCUT2D eigenvalue weighted by molar-refractivity contribution is 5.95. The van der Waals surface area contributed by atoms with E-state index < -0.39 is 17.3 Å². The number of carboxylic acid groups (broad SMARTS) is 1. The van der Waals surface area contributed by atoms with E-state index >= 15 is 0 Å². The second-order valence-electron chi connectivity index (χ2n) is 4.02. The number of aromatic carboxylic acids is 1. The minimum Gasteiger partial charge on any atom is -0.478 e. The smallest absolute Gasteiger partial charge is 0.340 e. The van der Waals surface area contributed by atoms with Crippen LogP contribution in [0, 0.1) is 24.1 Å². The summed E-state index contributed by atoms with van der Waals surface area (Å²) in [6.07, 6.45) is 1.19. The third-order valence-corrected chi connectivity index (χ3v) is 2.53. The summed E-state index contributed by atoms with van der Waals surface area (Å²) in [4.78, 5) is 11.1. The largest absolute Gasteiger partial charge is 0.478 e. The van der Waals surface area contributed by atoms with Crippen molar-refractivity contribution >= 4 is 17.2 Å². The van der Waals surface area contributed by atoms with Crippen molar-refractivity contribution in [3.63, 3.8) is 0 Å². The lowest BCUT2D eigenvalue weighted by Crippen LogP contribution is -2.06. The lowest BCUT2D eigenvalue weighted by molar-refractivity contribution is 0.0693. The molecule has 0 saturated heterocycles. The number of rotatable bonds is 4. The van der Waals surface area contributed by atoms with Crippen LogP contribution in [0.1, 0.15) is 21.7 Å². The number of allylic oxidation sites excluding steroid dienone is 1. The molecule has 8 nitrogen and oxygen atoms in total. The van der Waals surface area contributed by atoms with Gasteiger partial charge in [0, 0.05) is 6.20 Å². The van der Waals surface area contributed by atoms with Crippen molar-refractivity contribution in [1.82, 2.24) is 20.6 Å². The highest BCUT2D eigenvalue weighted by Gasteiger charge is 2.16. The van der Waals surface area contributed by atoms with Crippen LogP contribution in [-0.4, -0.2) is 31.7 Å². The van der Waals surface area contributed by atoms with Crippen LogP contribution in [0.3, 0.4) is 0 Å². The maximum atomic E-state index is 13.7. The van der Waals surface area contributed by atoms with Crippen LogP contribution in [0.5, 0.6) is 0 Å². The van der Waals surface area contributed by atoms with E-state index in [1.807, 2.05) is 6.07 Å². The molecule has 0 aliphatic rings. The number of aromatic amines is 1. The number of benzene rings is 1. The Morgan fingerprint density at radius 3 is 2.90 bits per heavy atom. The summed E-state index contributed by atoms with van der Waals surface area (Å²) in [6.45, 7) is 1.62. The SMILES string of the molecule is Cc1cc(F)c(C(=O)O)c(NC=C(C#N)c2nn[nH]n2)c1. The molecule has 1 aromatic heterocycles. The van der Waals surface area contributed by atoms with Crippen molar-refractivity contribution in [2.45, 2.75) is 6.92 Å². The lowest BCUT2D eigenvalue weighted by atomic mass is 10.1. The summed E-state index contributed by atoms with van der Waals surface area (Å²) in [5.74, 6) is -2.24. The second-order valence-corrected chi connectivity index (χ2v) is 4.02. The van der Waals surface area contributed by atoms with Gasteiger partial charge in [0.2, 0.25) is 5.82 Å². The molecule has 0 bridgehead atoms. The number of carbonyl (C=O) groups is 1. The predicted octanol–water partition coefficient (Wildman–Crippen LogP) is 1.32. The number of anilines is 1. The molecule has 106 valence electrons. The Hall–Kier alpha value is -3.28. The number of nitriles is 1. The fraction of sp³-hybridized carbons (Fsp3) is 0.0833. The molecule has 9 heteroatoms. The zero-order valence-corrected chi connectivity index (χ0v) is 10.8. The van der Waals surface area contributed by atoms with E-state index in [4.69, 9.17) is 10.4 Å². The molecule has 1 heterocycles. The summed E-state index contributed by atoms with van der Waals surface area (Å²) >= 11 is 0. The quantitative estimate of drug-likeness (QED) is 0.724. The number of nitrogens with one attached hydrogen (secondary N) is 2. The summed E-state index contributed by atoms with van der Waals surface area (Å²) in [5, 5.41) is 33.4. The number of hydrogen-bond donors (Lipinski definition) is 3. The zero-order valence-electron chi connectivity index (χ0n) is 10.8. The first-order chi connectivity index (χ1) is 10.0. The third kappa shape index (κ3) is 3.01. The van der Waals surface area contributed by atoms with Gasteiger partial charge in [0.05, 0.1) is 5.69 Å². The molecule has 0 atom stereocenters. The zero-order chi connectivity index (χ0) is 15.4. The van der Waals surface area contributed by atoms with Crippen molar-refractivity contribution in [1.29, 1.82) is 5.26 Å². The lowest BCUT2D eigenvalue weighted by Gasteiger charge is -2.08. The first-order valence-corrected chi connectivity index (χ1v) is 5.67. The molecule has 0 aliphatic carbocycles. The Morgan fingerprint density at radius 2 is 2.33 bits per heavy atom. The van der Waals surface area contributed by atoms with Crippen molar-refractivity contribution in [2.24, 2.45) is 0 Å². The molecule has 0 spiro atoms. The fourth-order valence-corrected chi connectivity index (χ4v) is 1.65. The van der Waals surface area contributed by atoms with Crippen LogP contribution in [0.4, 0.5) is 10.1 Å². The molecule has 0 aliphatic heterocycles. The molecular weight excluding hydrogens is 279 g/mol. The first-order valence-electron chi connectivity index (χ1n) is 5.67. The topological polar surface area (TPSA) is 128 Å². The highest BCUT2D eigenvalue weighted by atomic mass is 19.1. The van der Waals surface area contributed by atoms with Gasteiger partial charge in [-0.2, -0.15) is 10.5 Å². The maximum Gasteiger partial charge on any atom is 0.340 e. The van der Waals surface area contributed by atoms with Gasteiger partial charge in [-0.25, -0.2) is 9.18 Å². The number of aromatic nitrogens is 4. The van der Waals surface area contributed by atoms with Gasteiger partial charge in [0.15, 0.2) is 0 Å². The summed E-state index contributed by atoms with van der Waals surface area (Å²) in [6, 6.07) is 4.39. The number of carboxylic acids is 1. The van der Waals surface area contributed by atoms with E-state index in [0.29, 0.717) is 5.56 Å². The van der Waals surface area contributed by atoms with Crippen molar-refractivity contribution < 1.29 is 14.3 Å². The van der Waals surface area contributed by atoms with Crippen molar-refractivity contribution in [3.8, 4) is 6.07 Å². The predicted molar refractivity (Wildman–Crippen MR) is 69.5 cm³/mol. The van der Waals surface area contributed by atoms with Crippen LogP contribution in [-0.2, 0) is 0 Å². The summed E-state index contributed by atoms with van der Waals surface area (Å²) < 4.78 is 13.7. The van der Waals surface area contributed by atoms with Gasteiger partial charge < -0.3 is 10.4 Å². The van der Waals surface area contributed by atoms with Crippen LogP contribution in [0.2, 0.25) is 0 Å². The first kappa shape index (κ1) is 14.1. The molecule has 0 fully saturated rings. The monoisotopic (exact) mass is 288 g/mol. The molecule has 0 amide bonds. The van der Waals surface area contributed by atoms with Gasteiger partial charge in [-0.3, -0.25) is 0 Å². The Kier molecular flexibility index (Phi) is 3.90. The standard InChI is InChI=1S/C12H9FN6O2/c1-6-2-8(13)10(12(20)21)9(3-6)15-5-7(4-14)11-16-18-19-17-11/h2-3,5,15H,1H3,(H,20,21)(H,16,17,18,19). The minimum absolute atomic E-state index is 0.0157. The van der Waals surface area contributed by atoms with Gasteiger partial charge >= 0.3 is 5.97 Å². The Balaban J connectivity index is 2.40. The number of aryl methyl sites for hydroxylation is 1. The molecule has 0 saturated carbocycles. The number of H-pyrrole nitrogens is 1. The van der Waals surface area contributed by atoms with Crippen molar-refractivity contribution in [3.05, 3.63) is 41.1 Å². The van der Waals surface area contributed by atoms with Crippen LogP contribution in [0.25, 0.3) is 5.57 Å². The molecule has 3 N–H and O–H groups in total. The van der Waals surface area contributed by atoms with Gasteiger partial charge in [-0.05, 0) is 29.8 Å². The Labute approximate surface area is 117 Å². The second kappa shape index (κ2) is 5.79. The van der Waals surface area contributed by atoms with Crippen molar-refractivity contribution in [2.75, 3.05) is 5.32 Å². The molecule has 0 unspecified atom stereocenters. The van der Waals surface area contributed by atoms with Crippen LogP contribution >= 0.6 is 0 Å². The average Bonchev–Trinajstić information content (AvgIpc) is 2.92. The van der Waals surface area contributed by atoms with E-state index in [0.717, 1.165) is 6.07 Å². The van der Waals surface area contributed by atoms with Gasteiger partial charge in [-0.1, -0.05) is 0 Å². The summed E-state index contributed by atoms with van der Waals surface area (Å²) in [7, 11) is 0. The van der Waals surface area contributed by atoms with Gasteiger partial charge in [0.1, 0.15) is 23.0 Å². The third-order valence-electron chi connectivity index (χ3n) is 2.53. The Bertz CT molecular complexity index is 748. The maximum absolute atomic E-state index is 13.7. The van der Waals surface area contributed by atoms with Gasteiger partial charge in [0.25, 0.3) is 0 Å². The molecule has 1 aromatic carbocycles. The normalized spacial score (nSPS) is 11.0. The van der Waals surface area contributed by atoms with E-state index in [2.05, 4.69) is 25.9 Å². The van der Waals surface area contributed by atoms with Gasteiger partial charge in [-0.15, -0.1) is 10.2 Å². The number of hydrogen-bond acceptors (Lipinski definition) is 6. The van der Waals surface area contributed by atoms with E-state index in [9.17, 15) is 9.18 Å².